The summed E-state index contributed by atoms with van der Waals surface area (Å²) in [7, 11) is 0. The van der Waals surface area contributed by atoms with E-state index in [4.69, 9.17) is 0 Å². The van der Waals surface area contributed by atoms with Crippen LogP contribution in [0.4, 0.5) is 27.8 Å². The van der Waals surface area contributed by atoms with E-state index in [-0.39, 0.29) is 23.8 Å². The van der Waals surface area contributed by atoms with Crippen molar-refractivity contribution in [2.75, 3.05) is 18.5 Å². The van der Waals surface area contributed by atoms with E-state index in [1.807, 2.05) is 0 Å². The molecule has 1 atom stereocenters. The summed E-state index contributed by atoms with van der Waals surface area (Å²) < 4.78 is 66.8. The zero-order valence-corrected chi connectivity index (χ0v) is 17.5. The molecule has 0 saturated heterocycles. The van der Waals surface area contributed by atoms with Crippen molar-refractivity contribution in [3.63, 3.8) is 0 Å². The molecule has 0 radical (unpaired) electrons. The van der Waals surface area contributed by atoms with E-state index in [0.717, 1.165) is 25.1 Å². The third-order valence-electron chi connectivity index (χ3n) is 4.92. The van der Waals surface area contributed by atoms with Gasteiger partial charge in [-0.15, -0.1) is 0 Å². The quantitative estimate of drug-likeness (QED) is 0.509. The summed E-state index contributed by atoms with van der Waals surface area (Å²) in [5, 5.41) is 5.68. The molecule has 178 valence electrons. The van der Waals surface area contributed by atoms with Gasteiger partial charge in [-0.25, -0.2) is 9.97 Å². The monoisotopic (exact) mass is 472 g/mol. The lowest BCUT2D eigenvalue weighted by Crippen LogP contribution is -2.41. The van der Waals surface area contributed by atoms with Crippen LogP contribution in [-0.4, -0.2) is 46.9 Å². The maximum Gasteiger partial charge on any atom is 0.456 e. The van der Waals surface area contributed by atoms with Crippen LogP contribution in [0.25, 0.3) is 0 Å². The van der Waals surface area contributed by atoms with Crippen molar-refractivity contribution in [2.24, 2.45) is 5.92 Å². The average Bonchev–Trinajstić information content (AvgIpc) is 3.61. The molecule has 2 heterocycles. The standard InChI is InChI=1S/C21H21F5N4O3/c1-12(14-6-7-27-17(8-14)28-10-16(31)13-2-3-13)30-19(32)15-4-5-18(29-9-15)33-11-20(22,23)21(24,25)26/h4-9,12-13H,2-3,10-11H2,1H3,(H,27,28)(H,30,32). The van der Waals surface area contributed by atoms with Gasteiger partial charge in [0.25, 0.3) is 5.91 Å². The molecule has 2 N–H and O–H groups in total. The number of alkyl halides is 5. The number of nitrogens with zero attached hydrogens (tertiary/aromatic N) is 2. The Hall–Kier alpha value is -3.31. The summed E-state index contributed by atoms with van der Waals surface area (Å²) in [5.41, 5.74) is 0.765. The smallest absolute Gasteiger partial charge is 0.456 e. The van der Waals surface area contributed by atoms with E-state index in [9.17, 15) is 31.5 Å². The molecular weight excluding hydrogens is 451 g/mol. The van der Waals surface area contributed by atoms with Crippen molar-refractivity contribution in [3.05, 3.63) is 47.8 Å². The summed E-state index contributed by atoms with van der Waals surface area (Å²) in [6.45, 7) is -0.0237. The lowest BCUT2D eigenvalue weighted by atomic mass is 10.1. The first-order valence-corrected chi connectivity index (χ1v) is 10.0. The van der Waals surface area contributed by atoms with Crippen molar-refractivity contribution >= 4 is 17.5 Å². The Labute approximate surface area is 185 Å². The van der Waals surface area contributed by atoms with Crippen LogP contribution in [0.5, 0.6) is 5.88 Å². The van der Waals surface area contributed by atoms with Crippen LogP contribution in [0, 0.1) is 5.92 Å². The predicted molar refractivity (Wildman–Crippen MR) is 107 cm³/mol. The molecule has 1 aliphatic carbocycles. The minimum Gasteiger partial charge on any atom is -0.471 e. The van der Waals surface area contributed by atoms with Gasteiger partial charge in [0, 0.05) is 24.4 Å². The van der Waals surface area contributed by atoms with Gasteiger partial charge in [0.15, 0.2) is 12.4 Å². The fourth-order valence-electron chi connectivity index (χ4n) is 2.75. The molecule has 2 aromatic heterocycles. The van der Waals surface area contributed by atoms with Gasteiger partial charge in [-0.3, -0.25) is 9.59 Å². The number of ketones is 1. The number of rotatable bonds is 10. The zero-order chi connectivity index (χ0) is 24.2. The van der Waals surface area contributed by atoms with Gasteiger partial charge >= 0.3 is 12.1 Å². The molecule has 33 heavy (non-hydrogen) atoms. The molecular formula is C21H21F5N4O3. The number of anilines is 1. The molecule has 0 bridgehead atoms. The predicted octanol–water partition coefficient (Wildman–Crippen LogP) is 3.94. The van der Waals surface area contributed by atoms with Gasteiger partial charge in [-0.05, 0) is 43.5 Å². The number of pyridine rings is 2. The van der Waals surface area contributed by atoms with Crippen LogP contribution in [-0.2, 0) is 4.79 Å². The fourth-order valence-corrected chi connectivity index (χ4v) is 2.75. The van der Waals surface area contributed by atoms with Gasteiger partial charge in [0.05, 0.1) is 18.2 Å². The average molecular weight is 472 g/mol. The largest absolute Gasteiger partial charge is 0.471 e. The summed E-state index contributed by atoms with van der Waals surface area (Å²) in [5.74, 6) is -5.30. The molecule has 12 heteroatoms. The molecule has 0 spiro atoms. The Morgan fingerprint density at radius 1 is 1.15 bits per heavy atom. The van der Waals surface area contributed by atoms with Crippen LogP contribution in [0.2, 0.25) is 0 Å². The third kappa shape index (κ3) is 6.59. The minimum atomic E-state index is -5.74. The molecule has 0 aliphatic heterocycles. The van der Waals surface area contributed by atoms with Crippen LogP contribution in [0.3, 0.4) is 0 Å². The van der Waals surface area contributed by atoms with E-state index in [2.05, 4.69) is 25.3 Å². The van der Waals surface area contributed by atoms with Crippen molar-refractivity contribution in [1.82, 2.24) is 15.3 Å². The second kappa shape index (κ2) is 9.67. The maximum absolute atomic E-state index is 12.9. The number of ether oxygens (including phenoxy) is 1. The maximum atomic E-state index is 12.9. The number of amides is 1. The van der Waals surface area contributed by atoms with E-state index in [1.165, 1.54) is 12.3 Å². The van der Waals surface area contributed by atoms with E-state index >= 15 is 0 Å². The summed E-state index contributed by atoms with van der Waals surface area (Å²) in [6, 6.07) is 5.15. The Kier molecular flexibility index (Phi) is 7.13. The van der Waals surface area contributed by atoms with Gasteiger partial charge in [0.1, 0.15) is 5.82 Å². The number of hydrogen-bond acceptors (Lipinski definition) is 6. The van der Waals surface area contributed by atoms with Gasteiger partial charge in [-0.2, -0.15) is 22.0 Å². The molecule has 1 amide bonds. The first-order chi connectivity index (χ1) is 15.5. The lowest BCUT2D eigenvalue weighted by Gasteiger charge is -2.19. The van der Waals surface area contributed by atoms with Crippen LogP contribution >= 0.6 is 0 Å². The molecule has 7 nitrogen and oxygen atoms in total. The first-order valence-electron chi connectivity index (χ1n) is 10.0. The molecule has 1 fully saturated rings. The Morgan fingerprint density at radius 3 is 2.48 bits per heavy atom. The molecule has 2 aromatic rings. The highest BCUT2D eigenvalue weighted by Crippen LogP contribution is 2.35. The van der Waals surface area contributed by atoms with Crippen molar-refractivity contribution in [3.8, 4) is 5.88 Å². The van der Waals surface area contributed by atoms with Crippen LogP contribution in [0.15, 0.2) is 36.7 Å². The minimum absolute atomic E-state index is 0.0548. The van der Waals surface area contributed by atoms with E-state index in [0.29, 0.717) is 11.4 Å². The first kappa shape index (κ1) is 24.3. The molecule has 3 rings (SSSR count). The number of aromatic nitrogens is 2. The lowest BCUT2D eigenvalue weighted by molar-refractivity contribution is -0.290. The van der Waals surface area contributed by atoms with Gasteiger partial charge in [0.2, 0.25) is 5.88 Å². The molecule has 0 aromatic carbocycles. The van der Waals surface area contributed by atoms with E-state index in [1.54, 1.807) is 19.1 Å². The number of nitrogens with one attached hydrogen (secondary N) is 2. The summed E-state index contributed by atoms with van der Waals surface area (Å²) >= 11 is 0. The second-order valence-corrected chi connectivity index (χ2v) is 7.64. The number of halogens is 5. The number of Topliss-reactive ketones (excluding diaryl/α,β-unsaturated/α-hetero) is 1. The van der Waals surface area contributed by atoms with Crippen molar-refractivity contribution in [2.45, 2.75) is 37.9 Å². The summed E-state index contributed by atoms with van der Waals surface area (Å²) in [4.78, 5) is 32.0. The van der Waals surface area contributed by atoms with Gasteiger partial charge in [-0.1, -0.05) is 0 Å². The van der Waals surface area contributed by atoms with Crippen molar-refractivity contribution in [1.29, 1.82) is 0 Å². The Balaban J connectivity index is 1.54. The zero-order valence-electron chi connectivity index (χ0n) is 17.5. The molecule has 1 aliphatic rings. The summed E-state index contributed by atoms with van der Waals surface area (Å²) in [6.07, 6.45) is -1.37. The Morgan fingerprint density at radius 2 is 1.88 bits per heavy atom. The highest BCUT2D eigenvalue weighted by molar-refractivity contribution is 5.94. The molecule has 1 unspecified atom stereocenters. The topological polar surface area (TPSA) is 93.2 Å². The normalized spacial score (nSPS) is 15.0. The van der Waals surface area contributed by atoms with Gasteiger partial charge < -0.3 is 15.4 Å². The SMILES string of the molecule is CC(NC(=O)c1ccc(OCC(F)(F)C(F)(F)F)nc1)c1ccnc(NCC(=O)C2CC2)c1. The van der Waals surface area contributed by atoms with E-state index < -0.39 is 36.5 Å². The highest BCUT2D eigenvalue weighted by atomic mass is 19.4. The van der Waals surface area contributed by atoms with Crippen LogP contribution < -0.4 is 15.4 Å². The number of hydrogen-bond donors (Lipinski definition) is 2. The number of carbonyl (C=O) groups is 2. The van der Waals surface area contributed by atoms with Crippen molar-refractivity contribution < 1.29 is 36.3 Å². The molecule has 1 saturated carbocycles. The third-order valence-corrected chi connectivity index (χ3v) is 4.92. The Bertz CT molecular complexity index is 994. The number of carbonyl (C=O) groups excluding carboxylic acids is 2. The second-order valence-electron chi connectivity index (χ2n) is 7.64. The highest BCUT2D eigenvalue weighted by Gasteiger charge is 2.58. The van der Waals surface area contributed by atoms with Crippen LogP contribution in [0.1, 0.15) is 41.7 Å². The fraction of sp³-hybridized carbons (Fsp3) is 0.429.